The fraction of sp³-hybridized carbons (Fsp3) is 0.464. The van der Waals surface area contributed by atoms with Crippen molar-refractivity contribution in [2.75, 3.05) is 29.1 Å². The number of benzene rings is 2. The molecule has 2 aromatic carbocycles. The van der Waals surface area contributed by atoms with E-state index in [1.54, 1.807) is 12.1 Å². The number of anilines is 2. The van der Waals surface area contributed by atoms with Gasteiger partial charge in [0.15, 0.2) is 9.84 Å². The maximum Gasteiger partial charge on any atom is 0.180 e. The highest BCUT2D eigenvalue weighted by atomic mass is 32.2. The van der Waals surface area contributed by atoms with Crippen molar-refractivity contribution >= 4 is 32.2 Å². The Kier molecular flexibility index (Phi) is 8.09. The minimum Gasteiger partial charge on any atom is -0.384 e. The lowest BCUT2D eigenvalue weighted by Crippen LogP contribution is -2.26. The Morgan fingerprint density at radius 3 is 2.56 bits per heavy atom. The van der Waals surface area contributed by atoms with E-state index in [1.165, 1.54) is 38.5 Å². The number of nitrogens with one attached hydrogen (secondary N) is 1. The SMILES string of the molecule is CCCCCCCCCNc1cc(N2CCS(=O)(=O)c3ccccc3C2)nc2c(C)cccc12. The Morgan fingerprint density at radius 1 is 0.971 bits per heavy atom. The zero-order valence-corrected chi connectivity index (χ0v) is 21.3. The number of pyridine rings is 1. The fourth-order valence-corrected chi connectivity index (χ4v) is 6.25. The number of fused-ring (bicyclic) bond motifs is 2. The summed E-state index contributed by atoms with van der Waals surface area (Å²) in [6, 6.07) is 15.7. The molecule has 0 atom stereocenters. The number of para-hydroxylation sites is 1. The Balaban J connectivity index is 1.55. The van der Waals surface area contributed by atoms with Gasteiger partial charge >= 0.3 is 0 Å². The second-order valence-electron chi connectivity index (χ2n) is 9.40. The first kappa shape index (κ1) is 24.5. The first-order chi connectivity index (χ1) is 16.5. The van der Waals surface area contributed by atoms with Crippen LogP contribution in [0.2, 0.25) is 0 Å². The number of nitrogens with zero attached hydrogens (tertiary/aromatic N) is 2. The van der Waals surface area contributed by atoms with Crippen molar-refractivity contribution in [3.05, 3.63) is 59.7 Å². The molecule has 0 aliphatic carbocycles. The van der Waals surface area contributed by atoms with Crippen LogP contribution in [0.3, 0.4) is 0 Å². The van der Waals surface area contributed by atoms with Gasteiger partial charge in [0.2, 0.25) is 0 Å². The molecule has 0 saturated heterocycles. The summed E-state index contributed by atoms with van der Waals surface area (Å²) in [5.74, 6) is 0.925. The molecule has 0 radical (unpaired) electrons. The fourth-order valence-electron chi connectivity index (χ4n) is 4.75. The molecule has 0 bridgehead atoms. The van der Waals surface area contributed by atoms with Crippen LogP contribution in [0, 0.1) is 6.92 Å². The minimum atomic E-state index is -3.29. The van der Waals surface area contributed by atoms with Crippen molar-refractivity contribution in [1.29, 1.82) is 0 Å². The van der Waals surface area contributed by atoms with Gasteiger partial charge in [0.25, 0.3) is 0 Å². The van der Waals surface area contributed by atoms with Crippen molar-refractivity contribution in [1.82, 2.24) is 4.98 Å². The summed E-state index contributed by atoms with van der Waals surface area (Å²) in [5, 5.41) is 4.78. The number of aromatic nitrogens is 1. The second kappa shape index (κ2) is 11.2. The summed E-state index contributed by atoms with van der Waals surface area (Å²) in [4.78, 5) is 7.55. The summed E-state index contributed by atoms with van der Waals surface area (Å²) in [6.45, 7) is 6.23. The minimum absolute atomic E-state index is 0.0955. The lowest BCUT2D eigenvalue weighted by molar-refractivity contribution is 0.596. The average Bonchev–Trinajstić information content (AvgIpc) is 2.97. The van der Waals surface area contributed by atoms with Crippen molar-refractivity contribution < 1.29 is 8.42 Å². The first-order valence-corrected chi connectivity index (χ1v) is 14.3. The van der Waals surface area contributed by atoms with Gasteiger partial charge in [0.1, 0.15) is 5.82 Å². The van der Waals surface area contributed by atoms with E-state index in [4.69, 9.17) is 4.98 Å². The van der Waals surface area contributed by atoms with E-state index >= 15 is 0 Å². The van der Waals surface area contributed by atoms with Crippen LogP contribution in [0.15, 0.2) is 53.4 Å². The molecule has 1 aromatic heterocycles. The summed E-state index contributed by atoms with van der Waals surface area (Å²) in [5.41, 5.74) is 4.02. The quantitative estimate of drug-likeness (QED) is 0.336. The van der Waals surface area contributed by atoms with E-state index < -0.39 is 9.84 Å². The predicted molar refractivity (Wildman–Crippen MR) is 143 cm³/mol. The molecule has 0 fully saturated rings. The molecule has 4 rings (SSSR count). The Labute approximate surface area is 204 Å². The molecule has 182 valence electrons. The van der Waals surface area contributed by atoms with E-state index in [-0.39, 0.29) is 5.75 Å². The zero-order valence-electron chi connectivity index (χ0n) is 20.5. The van der Waals surface area contributed by atoms with Crippen molar-refractivity contribution in [2.45, 2.75) is 70.2 Å². The monoisotopic (exact) mass is 479 g/mol. The smallest absolute Gasteiger partial charge is 0.180 e. The van der Waals surface area contributed by atoms with Gasteiger partial charge in [-0.25, -0.2) is 13.4 Å². The highest BCUT2D eigenvalue weighted by Crippen LogP contribution is 2.32. The van der Waals surface area contributed by atoms with Crippen LogP contribution in [-0.2, 0) is 16.4 Å². The lowest BCUT2D eigenvalue weighted by Gasteiger charge is -2.23. The number of hydrogen-bond donors (Lipinski definition) is 1. The molecule has 0 saturated carbocycles. The number of sulfone groups is 1. The standard InChI is InChI=1S/C28H37N3O2S/c1-3-4-5-6-7-8-11-17-29-25-20-27(30-28-22(2)13-12-15-24(25)28)31-18-19-34(32,33)26-16-10-9-14-23(26)21-31/h9-10,12-16,20H,3-8,11,17-19,21H2,1-2H3,(H,29,30). The lowest BCUT2D eigenvalue weighted by atomic mass is 10.1. The molecule has 1 N–H and O–H groups in total. The highest BCUT2D eigenvalue weighted by Gasteiger charge is 2.26. The zero-order chi connectivity index (χ0) is 24.0. The van der Waals surface area contributed by atoms with Crippen LogP contribution >= 0.6 is 0 Å². The van der Waals surface area contributed by atoms with Crippen LogP contribution in [0.5, 0.6) is 0 Å². The molecule has 6 heteroatoms. The molecule has 2 heterocycles. The normalized spacial score (nSPS) is 15.2. The Hall–Kier alpha value is -2.60. The van der Waals surface area contributed by atoms with E-state index in [2.05, 4.69) is 48.3 Å². The second-order valence-corrected chi connectivity index (χ2v) is 11.5. The van der Waals surface area contributed by atoms with Crippen LogP contribution in [-0.4, -0.2) is 32.2 Å². The predicted octanol–water partition coefficient (Wildman–Crippen LogP) is 6.50. The molecule has 1 aliphatic rings. The summed E-state index contributed by atoms with van der Waals surface area (Å²) < 4.78 is 25.7. The van der Waals surface area contributed by atoms with Gasteiger partial charge in [-0.05, 0) is 30.5 Å². The summed E-state index contributed by atoms with van der Waals surface area (Å²) >= 11 is 0. The largest absolute Gasteiger partial charge is 0.384 e. The van der Waals surface area contributed by atoms with Gasteiger partial charge < -0.3 is 10.2 Å². The van der Waals surface area contributed by atoms with Gasteiger partial charge in [0.05, 0.1) is 16.2 Å². The average molecular weight is 480 g/mol. The molecule has 1 aliphatic heterocycles. The highest BCUT2D eigenvalue weighted by molar-refractivity contribution is 7.91. The number of unbranched alkanes of at least 4 members (excludes halogenated alkanes) is 6. The molecule has 0 unspecified atom stereocenters. The van der Waals surface area contributed by atoms with Crippen molar-refractivity contribution in [2.24, 2.45) is 0 Å². The third kappa shape index (κ3) is 5.72. The molecule has 34 heavy (non-hydrogen) atoms. The third-order valence-corrected chi connectivity index (χ3v) is 8.53. The number of hydrogen-bond acceptors (Lipinski definition) is 5. The van der Waals surface area contributed by atoms with Gasteiger partial charge in [-0.15, -0.1) is 0 Å². The van der Waals surface area contributed by atoms with E-state index in [0.29, 0.717) is 18.0 Å². The topological polar surface area (TPSA) is 62.3 Å². The van der Waals surface area contributed by atoms with Crippen LogP contribution in [0.25, 0.3) is 10.9 Å². The summed E-state index contributed by atoms with van der Waals surface area (Å²) in [7, 11) is -3.29. The van der Waals surface area contributed by atoms with Gasteiger partial charge in [-0.1, -0.05) is 81.8 Å². The molecule has 5 nitrogen and oxygen atoms in total. The van der Waals surface area contributed by atoms with Gasteiger partial charge in [-0.2, -0.15) is 0 Å². The molecular formula is C28H37N3O2S. The first-order valence-electron chi connectivity index (χ1n) is 12.7. The van der Waals surface area contributed by atoms with Crippen LogP contribution in [0.1, 0.15) is 63.0 Å². The van der Waals surface area contributed by atoms with E-state index in [9.17, 15) is 8.42 Å². The maximum atomic E-state index is 12.8. The third-order valence-electron chi connectivity index (χ3n) is 6.75. The van der Waals surface area contributed by atoms with E-state index in [1.807, 2.05) is 12.1 Å². The molecule has 0 spiro atoms. The maximum absolute atomic E-state index is 12.8. The molecular weight excluding hydrogens is 442 g/mol. The number of aryl methyl sites for hydroxylation is 1. The molecule has 3 aromatic rings. The Morgan fingerprint density at radius 2 is 1.74 bits per heavy atom. The van der Waals surface area contributed by atoms with E-state index in [0.717, 1.165) is 46.5 Å². The summed E-state index contributed by atoms with van der Waals surface area (Å²) in [6.07, 6.45) is 8.98. The number of rotatable bonds is 10. The van der Waals surface area contributed by atoms with Crippen molar-refractivity contribution in [3.63, 3.8) is 0 Å². The van der Waals surface area contributed by atoms with Crippen LogP contribution in [0.4, 0.5) is 11.5 Å². The van der Waals surface area contributed by atoms with Gasteiger partial charge in [0, 0.05) is 36.8 Å². The van der Waals surface area contributed by atoms with Gasteiger partial charge in [-0.3, -0.25) is 0 Å². The van der Waals surface area contributed by atoms with Crippen molar-refractivity contribution in [3.8, 4) is 0 Å². The van der Waals surface area contributed by atoms with Crippen LogP contribution < -0.4 is 10.2 Å². The Bertz CT molecular complexity index is 1220. The molecule has 0 amide bonds.